The van der Waals surface area contributed by atoms with Crippen molar-refractivity contribution in [1.82, 2.24) is 4.57 Å². The molecule has 0 radical (unpaired) electrons. The van der Waals surface area contributed by atoms with E-state index in [1.54, 1.807) is 0 Å². The third-order valence-corrected chi connectivity index (χ3v) is 17.2. The Balaban J connectivity index is 1.03. The van der Waals surface area contributed by atoms with Crippen LogP contribution in [0, 0.1) is 5.82 Å². The second-order valence-electron chi connectivity index (χ2n) is 15.8. The fourth-order valence-corrected chi connectivity index (χ4v) is 14.3. The summed E-state index contributed by atoms with van der Waals surface area (Å²) >= 11 is 0. The molecular formula is C58H41FN2Si. The second kappa shape index (κ2) is 15.7. The van der Waals surface area contributed by atoms with Crippen molar-refractivity contribution < 1.29 is 4.39 Å². The summed E-state index contributed by atoms with van der Waals surface area (Å²) in [5.41, 5.74) is 8.61. The van der Waals surface area contributed by atoms with Crippen LogP contribution in [0.3, 0.4) is 0 Å². The number of nitrogens with zero attached hydrogens (tertiary/aromatic N) is 2. The molecule has 0 atom stereocenters. The monoisotopic (exact) mass is 812 g/mol. The number of para-hydroxylation sites is 1. The third-order valence-electron chi connectivity index (χ3n) is 12.4. The Hall–Kier alpha value is -7.79. The zero-order valence-corrected chi connectivity index (χ0v) is 34.9. The van der Waals surface area contributed by atoms with Crippen molar-refractivity contribution in [3.8, 4) is 16.8 Å². The van der Waals surface area contributed by atoms with Gasteiger partial charge >= 0.3 is 0 Å². The van der Waals surface area contributed by atoms with E-state index in [0.717, 1.165) is 50.1 Å². The lowest BCUT2D eigenvalue weighted by Gasteiger charge is -2.34. The molecule has 294 valence electrons. The van der Waals surface area contributed by atoms with Gasteiger partial charge in [0.1, 0.15) is 5.82 Å². The van der Waals surface area contributed by atoms with Gasteiger partial charge in [0.2, 0.25) is 0 Å². The van der Waals surface area contributed by atoms with Gasteiger partial charge in [0, 0.05) is 33.2 Å². The zero-order chi connectivity index (χ0) is 41.5. The van der Waals surface area contributed by atoms with E-state index in [0.29, 0.717) is 0 Å². The molecule has 0 aliphatic rings. The number of anilines is 3. The summed E-state index contributed by atoms with van der Waals surface area (Å²) in [4.78, 5) is 2.37. The smallest absolute Gasteiger partial charge is 0.179 e. The number of hydrogen-bond acceptors (Lipinski definition) is 1. The molecule has 1 aromatic heterocycles. The first kappa shape index (κ1) is 37.2. The number of hydrogen-bond donors (Lipinski definition) is 0. The van der Waals surface area contributed by atoms with Crippen LogP contribution in [-0.4, -0.2) is 12.6 Å². The van der Waals surface area contributed by atoms with E-state index in [2.05, 4.69) is 234 Å². The highest BCUT2D eigenvalue weighted by atomic mass is 28.3. The first-order valence-electron chi connectivity index (χ1n) is 21.1. The number of rotatable bonds is 9. The molecule has 0 fully saturated rings. The molecule has 0 spiro atoms. The summed E-state index contributed by atoms with van der Waals surface area (Å²) in [6.45, 7) is 0. The Morgan fingerprint density at radius 1 is 0.355 bits per heavy atom. The first-order valence-corrected chi connectivity index (χ1v) is 23.1. The lowest BCUT2D eigenvalue weighted by Crippen LogP contribution is -2.74. The molecule has 0 saturated heterocycles. The number of fused-ring (bicyclic) bond motifs is 4. The van der Waals surface area contributed by atoms with Gasteiger partial charge in [-0.25, -0.2) is 4.39 Å². The van der Waals surface area contributed by atoms with Crippen molar-refractivity contribution in [1.29, 1.82) is 0 Å². The fourth-order valence-electron chi connectivity index (χ4n) is 9.58. The van der Waals surface area contributed by atoms with Gasteiger partial charge < -0.3 is 9.47 Å². The lowest BCUT2D eigenvalue weighted by atomic mass is 10.0. The van der Waals surface area contributed by atoms with Crippen LogP contribution in [0.25, 0.3) is 49.4 Å². The van der Waals surface area contributed by atoms with Gasteiger partial charge in [0.25, 0.3) is 0 Å². The van der Waals surface area contributed by atoms with Crippen LogP contribution in [0.4, 0.5) is 21.5 Å². The van der Waals surface area contributed by atoms with Crippen molar-refractivity contribution in [2.75, 3.05) is 4.90 Å². The molecule has 0 amide bonds. The molecule has 0 unspecified atom stereocenters. The molecule has 0 saturated carbocycles. The van der Waals surface area contributed by atoms with Gasteiger partial charge in [-0.15, -0.1) is 0 Å². The SMILES string of the molecule is Fc1ccc(-n2c3ccccc3c3cc(N(c4ccc(-c5ccc([Si](c6ccccc6)(c6ccccc6)c6ccccc6)cc5)cc4)c4cccc5ccccc45)ccc32)cc1. The molecule has 4 heteroatoms. The number of aromatic nitrogens is 1. The topological polar surface area (TPSA) is 8.17 Å². The summed E-state index contributed by atoms with van der Waals surface area (Å²) in [5, 5.41) is 10.1. The maximum absolute atomic E-state index is 14.1. The van der Waals surface area contributed by atoms with E-state index in [-0.39, 0.29) is 5.82 Å². The predicted octanol–water partition coefficient (Wildman–Crippen LogP) is 12.6. The van der Waals surface area contributed by atoms with E-state index in [1.165, 1.54) is 49.2 Å². The van der Waals surface area contributed by atoms with Gasteiger partial charge in [-0.2, -0.15) is 0 Å². The van der Waals surface area contributed by atoms with Gasteiger partial charge in [-0.1, -0.05) is 182 Å². The molecule has 0 bridgehead atoms. The van der Waals surface area contributed by atoms with E-state index >= 15 is 0 Å². The molecule has 10 aromatic carbocycles. The average molecular weight is 813 g/mol. The molecular weight excluding hydrogens is 772 g/mol. The van der Waals surface area contributed by atoms with E-state index in [4.69, 9.17) is 0 Å². The summed E-state index contributed by atoms with van der Waals surface area (Å²) in [5.74, 6) is -0.247. The lowest BCUT2D eigenvalue weighted by molar-refractivity contribution is 0.627. The van der Waals surface area contributed by atoms with Gasteiger partial charge in [-0.3, -0.25) is 0 Å². The Bertz CT molecular complexity index is 3230. The molecule has 1 heterocycles. The maximum atomic E-state index is 14.1. The minimum absolute atomic E-state index is 0.247. The predicted molar refractivity (Wildman–Crippen MR) is 262 cm³/mol. The van der Waals surface area contributed by atoms with Crippen LogP contribution in [0.15, 0.2) is 249 Å². The van der Waals surface area contributed by atoms with Crippen molar-refractivity contribution in [2.24, 2.45) is 0 Å². The van der Waals surface area contributed by atoms with Crippen molar-refractivity contribution in [2.45, 2.75) is 0 Å². The van der Waals surface area contributed by atoms with E-state index in [9.17, 15) is 4.39 Å². The van der Waals surface area contributed by atoms with Crippen LogP contribution in [0.1, 0.15) is 0 Å². The molecule has 62 heavy (non-hydrogen) atoms. The van der Waals surface area contributed by atoms with Gasteiger partial charge in [0.15, 0.2) is 8.07 Å². The Labute approximate surface area is 362 Å². The summed E-state index contributed by atoms with van der Waals surface area (Å²) < 4.78 is 16.3. The molecule has 2 nitrogen and oxygen atoms in total. The largest absolute Gasteiger partial charge is 0.310 e. The highest BCUT2D eigenvalue weighted by Crippen LogP contribution is 2.42. The van der Waals surface area contributed by atoms with Crippen LogP contribution >= 0.6 is 0 Å². The van der Waals surface area contributed by atoms with E-state index < -0.39 is 8.07 Å². The third kappa shape index (κ3) is 6.32. The Morgan fingerprint density at radius 3 is 1.47 bits per heavy atom. The molecule has 0 N–H and O–H groups in total. The normalized spacial score (nSPS) is 11.6. The van der Waals surface area contributed by atoms with Crippen LogP contribution in [0.2, 0.25) is 0 Å². The molecule has 11 rings (SSSR count). The summed E-state index contributed by atoms with van der Waals surface area (Å²) in [6, 6.07) is 88.6. The van der Waals surface area contributed by atoms with Crippen LogP contribution in [-0.2, 0) is 0 Å². The highest BCUT2D eigenvalue weighted by molar-refractivity contribution is 7.19. The van der Waals surface area contributed by atoms with Gasteiger partial charge in [-0.05, 0) is 104 Å². The summed E-state index contributed by atoms with van der Waals surface area (Å²) in [6.07, 6.45) is 0. The average Bonchev–Trinajstić information content (AvgIpc) is 3.67. The maximum Gasteiger partial charge on any atom is 0.179 e. The zero-order valence-electron chi connectivity index (χ0n) is 33.9. The molecule has 0 aliphatic heterocycles. The van der Waals surface area contributed by atoms with E-state index in [1.807, 2.05) is 12.1 Å². The summed E-state index contributed by atoms with van der Waals surface area (Å²) in [7, 11) is -2.63. The fraction of sp³-hybridized carbons (Fsp3) is 0. The highest BCUT2D eigenvalue weighted by Gasteiger charge is 2.41. The minimum atomic E-state index is -2.63. The Kier molecular flexibility index (Phi) is 9.41. The van der Waals surface area contributed by atoms with Crippen LogP contribution in [0.5, 0.6) is 0 Å². The van der Waals surface area contributed by atoms with Crippen molar-refractivity contribution in [3.63, 3.8) is 0 Å². The number of halogens is 1. The second-order valence-corrected chi connectivity index (χ2v) is 19.6. The number of benzene rings is 10. The minimum Gasteiger partial charge on any atom is -0.310 e. The first-order chi connectivity index (χ1) is 30.7. The molecule has 11 aromatic rings. The Morgan fingerprint density at radius 2 is 0.839 bits per heavy atom. The molecule has 0 aliphatic carbocycles. The van der Waals surface area contributed by atoms with Crippen LogP contribution < -0.4 is 25.6 Å². The van der Waals surface area contributed by atoms with Crippen molar-refractivity contribution >= 4 is 78.5 Å². The standard InChI is InChI=1S/C58H41FN2Si/c59-45-31-35-47(36-32-45)61-57-25-13-12-24-54(57)55-41-48(37-40-58(55)61)60(56-26-14-16-44-15-10-11-23-53(44)56)46-33-27-42(28-34-46)43-29-38-52(39-30-43)62(49-17-4-1-5-18-49,50-19-6-2-7-20-50)51-21-8-3-9-22-51/h1-41H. The van der Waals surface area contributed by atoms with Gasteiger partial charge in [0.05, 0.1) is 16.7 Å². The quantitative estimate of drug-likeness (QED) is 0.104. The van der Waals surface area contributed by atoms with Crippen molar-refractivity contribution in [3.05, 3.63) is 255 Å².